The van der Waals surface area contributed by atoms with Crippen LogP contribution in [0, 0.1) is 6.92 Å². The van der Waals surface area contributed by atoms with Crippen LogP contribution in [0.4, 0.5) is 0 Å². The molecule has 0 aliphatic rings. The Balaban J connectivity index is 2.42. The third kappa shape index (κ3) is 3.95. The molecule has 4 heteroatoms. The maximum atomic E-state index is 9.54. The normalized spacial score (nSPS) is 14.9. The zero-order valence-corrected chi connectivity index (χ0v) is 9.20. The minimum atomic E-state index is -1.07. The van der Waals surface area contributed by atoms with Gasteiger partial charge in [0.05, 0.1) is 17.9 Å². The van der Waals surface area contributed by atoms with Crippen molar-refractivity contribution in [2.45, 2.75) is 26.0 Å². The van der Waals surface area contributed by atoms with Crippen molar-refractivity contribution in [1.29, 1.82) is 0 Å². The Hall–Kier alpha value is -0.970. The van der Waals surface area contributed by atoms with Crippen LogP contribution < -0.4 is 5.32 Å². The highest BCUT2D eigenvalue weighted by atomic mass is 16.3. The van der Waals surface area contributed by atoms with Gasteiger partial charge < -0.3 is 15.5 Å². The van der Waals surface area contributed by atoms with E-state index in [0.717, 1.165) is 11.3 Å². The summed E-state index contributed by atoms with van der Waals surface area (Å²) < 4.78 is 0. The van der Waals surface area contributed by atoms with Crippen molar-refractivity contribution in [3.8, 4) is 0 Å². The predicted molar refractivity (Wildman–Crippen MR) is 58.4 cm³/mol. The van der Waals surface area contributed by atoms with Gasteiger partial charge in [0.2, 0.25) is 0 Å². The van der Waals surface area contributed by atoms with Crippen LogP contribution in [0.5, 0.6) is 0 Å². The van der Waals surface area contributed by atoms with Crippen molar-refractivity contribution in [1.82, 2.24) is 10.3 Å². The first-order valence-electron chi connectivity index (χ1n) is 4.99. The number of aromatic nitrogens is 1. The van der Waals surface area contributed by atoms with E-state index in [1.165, 1.54) is 0 Å². The molecule has 0 saturated heterocycles. The molecular formula is C11H18N2O2. The van der Waals surface area contributed by atoms with Gasteiger partial charge in [-0.1, -0.05) is 6.07 Å². The molecule has 3 N–H and O–H groups in total. The number of hydrogen-bond donors (Lipinski definition) is 3. The van der Waals surface area contributed by atoms with Crippen molar-refractivity contribution in [2.24, 2.45) is 0 Å². The molecule has 1 aromatic heterocycles. The van der Waals surface area contributed by atoms with Crippen LogP contribution >= 0.6 is 0 Å². The Kier molecular flexibility index (Phi) is 4.20. The molecule has 0 aliphatic heterocycles. The van der Waals surface area contributed by atoms with Gasteiger partial charge in [-0.2, -0.15) is 0 Å². The van der Waals surface area contributed by atoms with Crippen LogP contribution in [0.15, 0.2) is 18.3 Å². The monoisotopic (exact) mass is 210 g/mol. The molecule has 1 aromatic rings. The van der Waals surface area contributed by atoms with E-state index in [1.54, 1.807) is 13.1 Å². The van der Waals surface area contributed by atoms with Gasteiger partial charge >= 0.3 is 0 Å². The molecule has 1 rings (SSSR count). The van der Waals surface area contributed by atoms with E-state index in [4.69, 9.17) is 5.11 Å². The van der Waals surface area contributed by atoms with E-state index >= 15 is 0 Å². The first-order chi connectivity index (χ1) is 7.05. The molecule has 1 atom stereocenters. The largest absolute Gasteiger partial charge is 0.393 e. The van der Waals surface area contributed by atoms with Gasteiger partial charge in [0.1, 0.15) is 0 Å². The molecule has 1 unspecified atom stereocenters. The molecule has 0 spiro atoms. The van der Waals surface area contributed by atoms with Gasteiger partial charge in [-0.15, -0.1) is 0 Å². The van der Waals surface area contributed by atoms with Crippen LogP contribution in [0.1, 0.15) is 18.2 Å². The molecule has 0 aliphatic carbocycles. The number of rotatable bonds is 5. The van der Waals surface area contributed by atoms with Crippen molar-refractivity contribution in [3.05, 3.63) is 29.6 Å². The Morgan fingerprint density at radius 1 is 1.53 bits per heavy atom. The van der Waals surface area contributed by atoms with E-state index in [0.29, 0.717) is 13.1 Å². The second-order valence-corrected chi connectivity index (χ2v) is 4.03. The zero-order valence-electron chi connectivity index (χ0n) is 9.20. The molecule has 4 nitrogen and oxygen atoms in total. The first-order valence-corrected chi connectivity index (χ1v) is 4.99. The lowest BCUT2D eigenvalue weighted by atomic mass is 10.1. The highest BCUT2D eigenvalue weighted by Gasteiger charge is 2.17. The summed E-state index contributed by atoms with van der Waals surface area (Å²) in [5.41, 5.74) is 1.02. The molecule has 15 heavy (non-hydrogen) atoms. The fraction of sp³-hybridized carbons (Fsp3) is 0.545. The fourth-order valence-electron chi connectivity index (χ4n) is 1.21. The number of nitrogens with zero attached hydrogens (tertiary/aromatic N) is 1. The average molecular weight is 210 g/mol. The summed E-state index contributed by atoms with van der Waals surface area (Å²) in [5.74, 6) is 0. The number of pyridine rings is 1. The molecule has 0 radical (unpaired) electrons. The van der Waals surface area contributed by atoms with Gasteiger partial charge in [-0.3, -0.25) is 4.98 Å². The summed E-state index contributed by atoms with van der Waals surface area (Å²) in [4.78, 5) is 4.22. The summed E-state index contributed by atoms with van der Waals surface area (Å²) in [6, 6.07) is 3.89. The second kappa shape index (κ2) is 5.21. The standard InChI is InChI=1S/C11H18N2O2/c1-9-4-3-5-13-10(9)6-12-7-11(2,15)8-14/h3-5,12,14-15H,6-8H2,1-2H3. The fourth-order valence-corrected chi connectivity index (χ4v) is 1.21. The van der Waals surface area contributed by atoms with Crippen molar-refractivity contribution in [3.63, 3.8) is 0 Å². The van der Waals surface area contributed by atoms with Crippen molar-refractivity contribution >= 4 is 0 Å². The second-order valence-electron chi connectivity index (χ2n) is 4.03. The average Bonchev–Trinajstić information content (AvgIpc) is 2.21. The molecule has 0 fully saturated rings. The molecule has 0 aromatic carbocycles. The summed E-state index contributed by atoms with van der Waals surface area (Å²) in [6.07, 6.45) is 1.74. The van der Waals surface area contributed by atoms with Gasteiger partial charge in [-0.05, 0) is 25.5 Å². The quantitative estimate of drug-likeness (QED) is 0.650. The van der Waals surface area contributed by atoms with Crippen LogP contribution in [0.3, 0.4) is 0 Å². The molecule has 0 amide bonds. The summed E-state index contributed by atoms with van der Waals surface area (Å²) >= 11 is 0. The Morgan fingerprint density at radius 2 is 2.27 bits per heavy atom. The van der Waals surface area contributed by atoms with Crippen molar-refractivity contribution < 1.29 is 10.2 Å². The van der Waals surface area contributed by atoms with E-state index in [9.17, 15) is 5.11 Å². The minimum absolute atomic E-state index is 0.249. The smallest absolute Gasteiger partial charge is 0.0972 e. The molecule has 84 valence electrons. The molecular weight excluding hydrogens is 192 g/mol. The highest BCUT2D eigenvalue weighted by molar-refractivity contribution is 5.17. The zero-order chi connectivity index (χ0) is 11.3. The third-order valence-corrected chi connectivity index (χ3v) is 2.26. The SMILES string of the molecule is Cc1cccnc1CNCC(C)(O)CO. The van der Waals surface area contributed by atoms with Crippen molar-refractivity contribution in [2.75, 3.05) is 13.2 Å². The number of aliphatic hydroxyl groups excluding tert-OH is 1. The predicted octanol–water partition coefficient (Wildman–Crippen LogP) is 0.223. The summed E-state index contributed by atoms with van der Waals surface area (Å²) in [5, 5.41) is 21.4. The number of nitrogens with one attached hydrogen (secondary N) is 1. The summed E-state index contributed by atoms with van der Waals surface area (Å²) in [6.45, 7) is 4.28. The highest BCUT2D eigenvalue weighted by Crippen LogP contribution is 2.04. The van der Waals surface area contributed by atoms with Gasteiger partial charge in [0.25, 0.3) is 0 Å². The Labute approximate surface area is 90.0 Å². The van der Waals surface area contributed by atoms with Gasteiger partial charge in [0, 0.05) is 19.3 Å². The van der Waals surface area contributed by atoms with E-state index in [2.05, 4.69) is 10.3 Å². The van der Waals surface area contributed by atoms with E-state index in [-0.39, 0.29) is 6.61 Å². The lowest BCUT2D eigenvalue weighted by Gasteiger charge is -2.20. The molecule has 0 bridgehead atoms. The lowest BCUT2D eigenvalue weighted by Crippen LogP contribution is -2.40. The third-order valence-electron chi connectivity index (χ3n) is 2.26. The lowest BCUT2D eigenvalue weighted by molar-refractivity contribution is 0.00248. The maximum Gasteiger partial charge on any atom is 0.0972 e. The van der Waals surface area contributed by atoms with E-state index < -0.39 is 5.60 Å². The van der Waals surface area contributed by atoms with Crippen LogP contribution in [-0.4, -0.2) is 33.9 Å². The topological polar surface area (TPSA) is 65.4 Å². The number of hydrogen-bond acceptors (Lipinski definition) is 4. The van der Waals surface area contributed by atoms with Crippen LogP contribution in [-0.2, 0) is 6.54 Å². The summed E-state index contributed by atoms with van der Waals surface area (Å²) in [7, 11) is 0. The Morgan fingerprint density at radius 3 is 2.87 bits per heavy atom. The number of aliphatic hydroxyl groups is 2. The minimum Gasteiger partial charge on any atom is -0.393 e. The van der Waals surface area contributed by atoms with Gasteiger partial charge in [0.15, 0.2) is 0 Å². The van der Waals surface area contributed by atoms with Crippen LogP contribution in [0.2, 0.25) is 0 Å². The molecule has 0 saturated carbocycles. The van der Waals surface area contributed by atoms with E-state index in [1.807, 2.05) is 19.1 Å². The van der Waals surface area contributed by atoms with Crippen LogP contribution in [0.25, 0.3) is 0 Å². The number of aryl methyl sites for hydroxylation is 1. The molecule has 1 heterocycles. The maximum absolute atomic E-state index is 9.54. The van der Waals surface area contributed by atoms with Gasteiger partial charge in [-0.25, -0.2) is 0 Å². The first kappa shape index (κ1) is 12.1. The Bertz CT molecular complexity index is 313.